The number of allylic oxidation sites excluding steroid dienone is 6. The number of Topliss-reactive ketones (excluding diaryl/α,β-unsaturated/α-hetero) is 1. The lowest BCUT2D eigenvalue weighted by Crippen LogP contribution is -2.25. The summed E-state index contributed by atoms with van der Waals surface area (Å²) < 4.78 is 40.8. The van der Waals surface area contributed by atoms with Crippen LogP contribution in [0, 0.1) is 0 Å². The van der Waals surface area contributed by atoms with Crippen molar-refractivity contribution in [2.75, 3.05) is 14.1 Å². The summed E-state index contributed by atoms with van der Waals surface area (Å²) in [5.74, 6) is -0.0949. The molecule has 1 heterocycles. The largest absolute Gasteiger partial charge is 0.416 e. The fourth-order valence-corrected chi connectivity index (χ4v) is 3.45. The Balaban J connectivity index is 1.98. The minimum absolute atomic E-state index is 0.0208. The molecule has 0 saturated carbocycles. The number of nitrogens with zero attached hydrogens (tertiary/aromatic N) is 3. The highest BCUT2D eigenvalue weighted by atomic mass is 19.4. The second-order valence-corrected chi connectivity index (χ2v) is 6.68. The highest BCUT2D eigenvalue weighted by Gasteiger charge is 2.43. The van der Waals surface area contributed by atoms with Gasteiger partial charge >= 0.3 is 6.18 Å². The van der Waals surface area contributed by atoms with Crippen LogP contribution in [0.4, 0.5) is 13.2 Å². The molecule has 0 aromatic heterocycles. The Kier molecular flexibility index (Phi) is 3.91. The third-order valence-electron chi connectivity index (χ3n) is 4.67. The molecule has 0 fully saturated rings. The van der Waals surface area contributed by atoms with Crippen LogP contribution in [0.2, 0.25) is 0 Å². The lowest BCUT2D eigenvalue weighted by molar-refractivity contribution is -0.0895. The molecule has 0 amide bonds. The summed E-state index contributed by atoms with van der Waals surface area (Å²) in [6, 6.07) is 6.82. The van der Waals surface area contributed by atoms with Gasteiger partial charge in [-0.1, -0.05) is 36.4 Å². The van der Waals surface area contributed by atoms with E-state index in [1.54, 1.807) is 43.3 Å². The molecule has 27 heavy (non-hydrogen) atoms. The molecule has 0 radical (unpaired) electrons. The summed E-state index contributed by atoms with van der Waals surface area (Å²) in [7, 11) is 3.49. The number of carbonyl (C=O) groups is 1. The first-order valence-electron chi connectivity index (χ1n) is 8.50. The zero-order valence-corrected chi connectivity index (χ0v) is 14.8. The van der Waals surface area contributed by atoms with Crippen molar-refractivity contribution in [1.29, 1.82) is 0 Å². The van der Waals surface area contributed by atoms with E-state index in [2.05, 4.69) is 9.98 Å². The van der Waals surface area contributed by atoms with E-state index in [0.29, 0.717) is 35.6 Å². The maximum Gasteiger partial charge on any atom is 0.416 e. The van der Waals surface area contributed by atoms with Crippen molar-refractivity contribution in [2.24, 2.45) is 9.98 Å². The summed E-state index contributed by atoms with van der Waals surface area (Å²) in [4.78, 5) is 23.7. The van der Waals surface area contributed by atoms with Gasteiger partial charge in [0.15, 0.2) is 5.78 Å². The van der Waals surface area contributed by atoms with E-state index in [1.165, 1.54) is 6.08 Å². The molecule has 7 heteroatoms. The first-order chi connectivity index (χ1) is 12.8. The summed E-state index contributed by atoms with van der Waals surface area (Å²) in [6.07, 6.45) is -1.17. The van der Waals surface area contributed by atoms with Gasteiger partial charge in [-0.05, 0) is 18.4 Å². The summed E-state index contributed by atoms with van der Waals surface area (Å²) >= 11 is 0. The minimum atomic E-state index is -4.54. The quantitative estimate of drug-likeness (QED) is 0.747. The molecule has 1 aliphatic heterocycles. The number of hydrogen-bond acceptors (Lipinski definition) is 4. The standard InChI is InChI=1S/C20H16F3N3O/c1-26(2)19-24-16-11-7-3-4-8-12(11)18(27)15(17(16)25-19)13-9-5-6-10-14(13)20(21,22)23/h3-4,7-10H,5-6H2,1-2H3. The van der Waals surface area contributed by atoms with E-state index < -0.39 is 17.5 Å². The Labute approximate surface area is 154 Å². The molecule has 4 nitrogen and oxygen atoms in total. The molecule has 4 rings (SSSR count). The summed E-state index contributed by atoms with van der Waals surface area (Å²) in [5.41, 5.74) is 0.695. The highest BCUT2D eigenvalue weighted by Crippen LogP contribution is 2.42. The van der Waals surface area contributed by atoms with E-state index in [-0.39, 0.29) is 16.8 Å². The Morgan fingerprint density at radius 3 is 2.33 bits per heavy atom. The zero-order chi connectivity index (χ0) is 19.3. The lowest BCUT2D eigenvalue weighted by Gasteiger charge is -2.25. The van der Waals surface area contributed by atoms with Crippen molar-refractivity contribution in [2.45, 2.75) is 19.0 Å². The molecule has 0 N–H and O–H groups in total. The van der Waals surface area contributed by atoms with Crippen molar-refractivity contribution in [3.05, 3.63) is 70.0 Å². The van der Waals surface area contributed by atoms with Gasteiger partial charge in [-0.2, -0.15) is 13.2 Å². The van der Waals surface area contributed by atoms with Crippen LogP contribution in [0.3, 0.4) is 0 Å². The normalized spacial score (nSPS) is 19.1. The number of halogens is 3. The van der Waals surface area contributed by atoms with Crippen molar-refractivity contribution in [3.63, 3.8) is 0 Å². The molecule has 0 saturated heterocycles. The zero-order valence-electron chi connectivity index (χ0n) is 14.8. The fraction of sp³-hybridized carbons (Fsp3) is 0.250. The first kappa shape index (κ1) is 17.5. The molecule has 0 atom stereocenters. The average molecular weight is 371 g/mol. The second kappa shape index (κ2) is 6.04. The maximum atomic E-state index is 13.6. The average Bonchev–Trinajstić information content (AvgIpc) is 3.07. The van der Waals surface area contributed by atoms with Crippen molar-refractivity contribution < 1.29 is 18.0 Å². The topological polar surface area (TPSA) is 45.0 Å². The number of rotatable bonds is 1. The molecule has 3 aliphatic rings. The van der Waals surface area contributed by atoms with E-state index >= 15 is 0 Å². The molecule has 0 unspecified atom stereocenters. The van der Waals surface area contributed by atoms with Gasteiger partial charge in [0.25, 0.3) is 0 Å². The van der Waals surface area contributed by atoms with Crippen LogP contribution >= 0.6 is 0 Å². The van der Waals surface area contributed by atoms with Crippen LogP contribution in [0.1, 0.15) is 28.8 Å². The third kappa shape index (κ3) is 2.74. The Bertz CT molecular complexity index is 1010. The highest BCUT2D eigenvalue weighted by molar-refractivity contribution is 6.33. The second-order valence-electron chi connectivity index (χ2n) is 6.68. The molecule has 0 spiro atoms. The van der Waals surface area contributed by atoms with Gasteiger partial charge in [-0.15, -0.1) is 0 Å². The predicted octanol–water partition coefficient (Wildman–Crippen LogP) is 4.07. The number of hydrogen-bond donors (Lipinski definition) is 0. The molecule has 0 bridgehead atoms. The van der Waals surface area contributed by atoms with Crippen molar-refractivity contribution in [3.8, 4) is 0 Å². The number of aliphatic imine (C=N–C) groups is 2. The van der Waals surface area contributed by atoms with Crippen LogP contribution in [-0.4, -0.2) is 42.6 Å². The molecular weight excluding hydrogens is 355 g/mol. The third-order valence-corrected chi connectivity index (χ3v) is 4.67. The van der Waals surface area contributed by atoms with Gasteiger partial charge < -0.3 is 4.90 Å². The first-order valence-corrected chi connectivity index (χ1v) is 8.50. The Morgan fingerprint density at radius 2 is 1.67 bits per heavy atom. The van der Waals surface area contributed by atoms with E-state index in [0.717, 1.165) is 6.08 Å². The van der Waals surface area contributed by atoms with Crippen molar-refractivity contribution >= 4 is 17.5 Å². The SMILES string of the molecule is CN(C)C1=NC2=C(C3=CCCC=C3C(F)(F)F)C(=O)c3ccccc3C2=N1. The minimum Gasteiger partial charge on any atom is -0.347 e. The Morgan fingerprint density at radius 1 is 1.00 bits per heavy atom. The molecule has 1 aromatic rings. The van der Waals surface area contributed by atoms with E-state index in [9.17, 15) is 18.0 Å². The van der Waals surface area contributed by atoms with Crippen LogP contribution < -0.4 is 0 Å². The van der Waals surface area contributed by atoms with Crippen LogP contribution in [0.15, 0.2) is 68.8 Å². The van der Waals surface area contributed by atoms with Crippen LogP contribution in [-0.2, 0) is 0 Å². The van der Waals surface area contributed by atoms with Crippen LogP contribution in [0.25, 0.3) is 0 Å². The summed E-state index contributed by atoms with van der Waals surface area (Å²) in [5, 5.41) is 0. The number of fused-ring (bicyclic) bond motifs is 3. The van der Waals surface area contributed by atoms with E-state index in [1.807, 2.05) is 0 Å². The van der Waals surface area contributed by atoms with Gasteiger partial charge in [-0.25, -0.2) is 9.98 Å². The molecule has 2 aliphatic carbocycles. The van der Waals surface area contributed by atoms with Gasteiger partial charge in [0, 0.05) is 25.2 Å². The Hall–Kier alpha value is -2.96. The van der Waals surface area contributed by atoms with Gasteiger partial charge in [0.1, 0.15) is 11.4 Å². The number of alkyl halides is 3. The monoisotopic (exact) mass is 371 g/mol. The lowest BCUT2D eigenvalue weighted by atomic mass is 9.80. The van der Waals surface area contributed by atoms with Gasteiger partial charge in [-0.3, -0.25) is 4.79 Å². The van der Waals surface area contributed by atoms with Gasteiger partial charge in [0.2, 0.25) is 5.96 Å². The fourth-order valence-electron chi connectivity index (χ4n) is 3.45. The number of guanidine groups is 1. The maximum absolute atomic E-state index is 13.6. The van der Waals surface area contributed by atoms with Crippen LogP contribution in [0.5, 0.6) is 0 Å². The number of carbonyl (C=O) groups excluding carboxylic acids is 1. The predicted molar refractivity (Wildman–Crippen MR) is 96.9 cm³/mol. The number of ketones is 1. The summed E-state index contributed by atoms with van der Waals surface area (Å²) in [6.45, 7) is 0. The van der Waals surface area contributed by atoms with Crippen molar-refractivity contribution in [1.82, 2.24) is 4.90 Å². The number of benzene rings is 1. The molecular formula is C20H16F3N3O. The molecule has 1 aromatic carbocycles. The van der Waals surface area contributed by atoms with Gasteiger partial charge in [0.05, 0.1) is 11.1 Å². The van der Waals surface area contributed by atoms with E-state index in [4.69, 9.17) is 0 Å². The molecule has 138 valence electrons. The smallest absolute Gasteiger partial charge is 0.347 e.